The number of halogens is 2. The summed E-state index contributed by atoms with van der Waals surface area (Å²) >= 11 is 6.15. The van der Waals surface area contributed by atoms with Crippen LogP contribution in [0.3, 0.4) is 0 Å². The number of carbonyl (C=O) groups is 7. The van der Waals surface area contributed by atoms with Crippen molar-refractivity contribution in [2.24, 2.45) is 51.7 Å². The van der Waals surface area contributed by atoms with Crippen molar-refractivity contribution in [3.63, 3.8) is 0 Å². The predicted molar refractivity (Wildman–Crippen MR) is 299 cm³/mol. The molecular formula is C50H108ClFLiN3O19SSi. The minimum atomic E-state index is -4.67. The van der Waals surface area contributed by atoms with Crippen molar-refractivity contribution in [3.8, 4) is 0 Å². The first-order chi connectivity index (χ1) is 32.3. The molecule has 0 aromatic rings. The third-order valence-electron chi connectivity index (χ3n) is 11.9. The van der Waals surface area contributed by atoms with Gasteiger partial charge in [0.05, 0.1) is 64.2 Å². The average molecular weight is 1180 g/mol. The van der Waals surface area contributed by atoms with E-state index in [0.717, 1.165) is 45.6 Å². The molecule has 5 fully saturated rings. The van der Waals surface area contributed by atoms with E-state index in [-0.39, 0.29) is 108 Å². The molecule has 0 heterocycles. The van der Waals surface area contributed by atoms with Crippen molar-refractivity contribution in [3.05, 3.63) is 0 Å². The van der Waals surface area contributed by atoms with Crippen LogP contribution in [0.5, 0.6) is 0 Å². The number of carboxylic acids is 2. The van der Waals surface area contributed by atoms with Crippen LogP contribution in [0.2, 0.25) is 18.1 Å². The summed E-state index contributed by atoms with van der Waals surface area (Å²) in [6.45, 7) is 27.3. The van der Waals surface area contributed by atoms with E-state index in [4.69, 9.17) is 55.2 Å². The Kier molecular flexibility index (Phi) is 56.2. The van der Waals surface area contributed by atoms with Crippen molar-refractivity contribution < 1.29 is 116 Å². The third kappa shape index (κ3) is 51.1. The number of carbonyl (C=O) groups excluding carboxylic acids is 5. The van der Waals surface area contributed by atoms with Crippen molar-refractivity contribution in [2.75, 3.05) is 35.0 Å². The van der Waals surface area contributed by atoms with Gasteiger partial charge in [0.15, 0.2) is 7.38 Å². The summed E-state index contributed by atoms with van der Waals surface area (Å²) in [4.78, 5) is 72.1. The molecule has 2 amide bonds. The summed E-state index contributed by atoms with van der Waals surface area (Å²) in [6, 6.07) is 0. The van der Waals surface area contributed by atoms with Crippen LogP contribution in [-0.2, 0) is 53.4 Å². The molecule has 12 N–H and O–H groups in total. The van der Waals surface area contributed by atoms with Gasteiger partial charge in [-0.15, -0.1) is 0 Å². The fraction of sp³-hybridized carbons (Fsp3) is 0.860. The first-order valence-corrected chi connectivity index (χ1v) is 28.0. The normalized spacial score (nSPS) is 22.0. The number of methoxy groups -OCH3 is 2. The number of hydrogen-bond acceptors (Lipinski definition) is 16. The molecule has 77 heavy (non-hydrogen) atoms. The minimum absolute atomic E-state index is 0. The number of hydrogen-bond donors (Lipinski definition) is 10. The zero-order valence-corrected chi connectivity index (χ0v) is 48.9. The Labute approximate surface area is 482 Å². The number of aliphatic carboxylic acids is 2. The summed E-state index contributed by atoms with van der Waals surface area (Å²) in [5.74, 6) is 2.66. The molecule has 0 radical (unpaired) electrons. The molecular weight excluding hydrogens is 1070 g/mol. The number of alkyl halides is 1. The summed E-state index contributed by atoms with van der Waals surface area (Å²) < 4.78 is 56.2. The number of aldehydes is 1. The Bertz CT molecular complexity index is 1630. The van der Waals surface area contributed by atoms with Crippen molar-refractivity contribution in [2.45, 2.75) is 199 Å². The van der Waals surface area contributed by atoms with Gasteiger partial charge in [-0.1, -0.05) is 105 Å². The van der Waals surface area contributed by atoms with Crippen LogP contribution < -0.4 is 35.4 Å². The molecule has 0 spiro atoms. The molecule has 0 atom stereocenters. The molecule has 0 bridgehead atoms. The molecule has 22 nitrogen and oxygen atoms in total. The summed E-state index contributed by atoms with van der Waals surface area (Å²) in [5, 5.41) is 45.0. The second-order valence-corrected chi connectivity index (χ2v) is 30.3. The van der Waals surface area contributed by atoms with Crippen molar-refractivity contribution in [1.29, 1.82) is 0 Å². The van der Waals surface area contributed by atoms with Crippen LogP contribution in [-0.4, -0.2) is 145 Å². The van der Waals surface area contributed by atoms with Crippen LogP contribution in [0, 0.1) is 45.8 Å². The first-order valence-electron chi connectivity index (χ1n) is 23.3. The number of aliphatic hydroxyl groups excluding tert-OH is 1. The van der Waals surface area contributed by atoms with Gasteiger partial charge in [-0.3, -0.25) is 47.7 Å². The second-order valence-electron chi connectivity index (χ2n) is 22.1. The van der Waals surface area contributed by atoms with Crippen LogP contribution in [0.4, 0.5) is 4.39 Å². The number of carboxylic acid groups (broad SMARTS) is 2. The number of aliphatic hydroxyl groups is 3. The first kappa shape index (κ1) is 96.5. The van der Waals surface area contributed by atoms with Crippen LogP contribution in [0.1, 0.15) is 171 Å². The second kappa shape index (κ2) is 44.9. The van der Waals surface area contributed by atoms with E-state index in [9.17, 15) is 38.3 Å². The number of rotatable bonds is 8. The molecule has 0 unspecified atom stereocenters. The van der Waals surface area contributed by atoms with Crippen LogP contribution >= 0.6 is 11.1 Å². The number of nitrogens with one attached hydrogen (secondary N) is 2. The van der Waals surface area contributed by atoms with E-state index in [1.54, 1.807) is 19.3 Å². The van der Waals surface area contributed by atoms with Gasteiger partial charge in [-0.2, -0.15) is 19.5 Å². The fourth-order valence-corrected chi connectivity index (χ4v) is 7.31. The maximum atomic E-state index is 11.2. The van der Waals surface area contributed by atoms with Crippen molar-refractivity contribution >= 4 is 71.3 Å². The molecule has 0 saturated heterocycles. The number of esters is 2. The molecule has 5 aliphatic rings. The predicted octanol–water partition coefficient (Wildman–Crippen LogP) is 5.14. The minimum Gasteiger partial charge on any atom is -0.870 e. The molecule has 5 rings (SSSR count). The Balaban J connectivity index is -0.0000000724. The molecule has 0 aliphatic heterocycles. The van der Waals surface area contributed by atoms with Gasteiger partial charge in [0.2, 0.25) is 12.3 Å². The number of hydrazine groups is 1. The van der Waals surface area contributed by atoms with E-state index < -0.39 is 48.1 Å². The van der Waals surface area contributed by atoms with E-state index in [2.05, 4.69) is 96.0 Å². The summed E-state index contributed by atoms with van der Waals surface area (Å²) in [6.07, 6.45) is 8.56. The van der Waals surface area contributed by atoms with Crippen molar-refractivity contribution in [1.82, 2.24) is 10.7 Å². The van der Waals surface area contributed by atoms with E-state index in [0.29, 0.717) is 59.7 Å². The van der Waals surface area contributed by atoms with E-state index in [1.807, 2.05) is 0 Å². The van der Waals surface area contributed by atoms with Gasteiger partial charge in [-0.05, 0) is 99.3 Å². The SMILES string of the molecule is C.C.C.C.CC(C)(C)[Si](C)(C)Cl.CC1(C)CC(C(=O)NCC=O)C1.CC1(C)CC(C(=O)O)C1.CC1(O)CC(C(=O)O)C1.CO.COC(=O)C1CC(C)(C)C1.COC(=O)C1CC(C)(O)C1.NNC=O.O=S(=O)(O)O.[2H]CF.[Li+].[OH-]. The Morgan fingerprint density at radius 1 is 0.688 bits per heavy atom. The van der Waals surface area contributed by atoms with Gasteiger partial charge in [0, 0.05) is 13.0 Å². The van der Waals surface area contributed by atoms with Crippen LogP contribution in [0.25, 0.3) is 0 Å². The molecule has 5 aliphatic carbocycles. The Morgan fingerprint density at radius 3 is 1.05 bits per heavy atom. The largest absolute Gasteiger partial charge is 1.00 e. The zero-order valence-electron chi connectivity index (χ0n) is 47.3. The van der Waals surface area contributed by atoms with Crippen LogP contribution in [0.15, 0.2) is 0 Å². The Hall–Kier alpha value is -2.81. The summed E-state index contributed by atoms with van der Waals surface area (Å²) in [5.41, 5.74) is 1.41. The average Bonchev–Trinajstić information content (AvgIpc) is 3.18. The maximum Gasteiger partial charge on any atom is 1.00 e. The Morgan fingerprint density at radius 2 is 0.896 bits per heavy atom. The standard InChI is InChI=1S/C9H15NO2.C8H14O2.C7H12O3.C7H12O2.C6H15ClSi.C6H10O3.CH3F.CH4N2O.CH4O.4CH4.Li.H2O4S.H2O/c1-9(2)5-7(6-9)8(12)10-3-4-11;1-8(2)4-6(5-8)7(9)10-3;1-7(9)3-5(4-7)6(8)10-2;1-7(2)3-5(4-7)6(8)9;1-6(2,3)8(4,5)7;1-6(9)2-4(3-6)5(7)8;1-2;2-3-1-4;1-2;;;;;;1-5(2,3)4;/h4,7H,3,5-6H2,1-2H3,(H,10,12);6H,4-5H2,1-3H3;5,9H,3-4H2,1-2H3;5H,3-4H2,1-2H3,(H,8,9);1-5H3;4,9H,2-3H2,1H3,(H,7,8);1H3;1H,2H2,(H,3,4);2H,1H3;4*1H4;;(H2,1,2,3,4);1H2/q;;;;;;;;;;;;;+1;;/p-1/i;;;;;;1D;;;;;;;;;. The smallest absolute Gasteiger partial charge is 0.870 e. The van der Waals surface area contributed by atoms with Gasteiger partial charge < -0.3 is 50.6 Å². The number of amides is 2. The summed E-state index contributed by atoms with van der Waals surface area (Å²) in [7, 11) is -3.23. The molecule has 0 aromatic carbocycles. The monoisotopic (exact) mass is 1180 g/mol. The quantitative estimate of drug-likeness (QED) is 0.0220. The topological polar surface area (TPSA) is 394 Å². The van der Waals surface area contributed by atoms with Gasteiger partial charge in [0.1, 0.15) is 6.29 Å². The molecule has 0 aromatic heterocycles. The number of nitrogens with two attached hydrogens (primary N) is 1. The van der Waals surface area contributed by atoms with E-state index in [1.165, 1.54) is 14.2 Å². The number of ether oxygens (including phenoxy) is 2. The molecule has 27 heteroatoms. The van der Waals surface area contributed by atoms with Gasteiger partial charge >= 0.3 is 53.1 Å². The zero-order chi connectivity index (χ0) is 58.5. The molecule has 5 saturated carbocycles. The third-order valence-corrected chi connectivity index (χ3v) is 17.2. The van der Waals surface area contributed by atoms with Gasteiger partial charge in [-0.25, -0.2) is 5.84 Å². The van der Waals surface area contributed by atoms with E-state index >= 15 is 0 Å². The maximum absolute atomic E-state index is 11.2. The van der Waals surface area contributed by atoms with Gasteiger partial charge in [0.25, 0.3) is 0 Å². The fourth-order valence-electron chi connectivity index (χ4n) is 7.31. The molecule has 462 valence electrons.